The summed E-state index contributed by atoms with van der Waals surface area (Å²) in [5.41, 5.74) is -1.29. The molecule has 0 aromatic heterocycles. The van der Waals surface area contributed by atoms with Crippen molar-refractivity contribution < 1.29 is 33.6 Å². The molecule has 2 unspecified atom stereocenters. The first-order valence-corrected chi connectivity index (χ1v) is 17.2. The highest BCUT2D eigenvalue weighted by molar-refractivity contribution is 6.38. The monoisotopic (exact) mass is 672 g/mol. The number of ketones is 1. The molecule has 3 aliphatic rings. The van der Waals surface area contributed by atoms with E-state index in [-0.39, 0.29) is 62.0 Å². The number of nitrogens with one attached hydrogen (secondary N) is 4. The van der Waals surface area contributed by atoms with Crippen LogP contribution >= 0.6 is 0 Å². The van der Waals surface area contributed by atoms with Crippen molar-refractivity contribution in [2.24, 2.45) is 28.6 Å². The summed E-state index contributed by atoms with van der Waals surface area (Å²) in [5, 5.41) is 11.0. The maximum absolute atomic E-state index is 14.4. The lowest BCUT2D eigenvalue weighted by Crippen LogP contribution is -2.62. The lowest BCUT2D eigenvalue weighted by molar-refractivity contribution is -0.143. The molecule has 0 radical (unpaired) electrons. The zero-order valence-corrected chi connectivity index (χ0v) is 29.9. The van der Waals surface area contributed by atoms with Crippen molar-refractivity contribution in [3.05, 3.63) is 12.7 Å². The van der Waals surface area contributed by atoms with E-state index in [1.54, 1.807) is 0 Å². The molecule has 0 bridgehead atoms. The molecule has 0 aromatic carbocycles. The predicted molar refractivity (Wildman–Crippen MR) is 180 cm³/mol. The van der Waals surface area contributed by atoms with Gasteiger partial charge < -0.3 is 26.2 Å². The van der Waals surface area contributed by atoms with Crippen molar-refractivity contribution in [3.8, 4) is 0 Å². The number of likely N-dealkylation sites (tertiary alicyclic amines) is 2. The second-order valence-corrected chi connectivity index (χ2v) is 16.1. The van der Waals surface area contributed by atoms with E-state index < -0.39 is 64.5 Å². The van der Waals surface area contributed by atoms with Gasteiger partial charge in [0.05, 0.1) is 12.1 Å². The summed E-state index contributed by atoms with van der Waals surface area (Å²) in [4.78, 5) is 94.7. The molecule has 3 fully saturated rings. The molecule has 7 amide bonds. The highest BCUT2D eigenvalue weighted by Gasteiger charge is 2.47. The summed E-state index contributed by atoms with van der Waals surface area (Å²) in [6.45, 7) is 19.1. The second-order valence-electron chi connectivity index (χ2n) is 16.1. The SMILES string of the molecule is C=CCNC(=O)C(=O)C(CC1CC1)NC(=O)C1C[C@@H](C(C)C)CN1C(=O)[C@@H](NC(=O)N[C@H](CN1C(=O)CCC1=O)C(C)(C)C)C(C)(C)C. The van der Waals surface area contributed by atoms with Crippen LogP contribution in [0, 0.1) is 28.6 Å². The van der Waals surface area contributed by atoms with Crippen LogP contribution in [0.4, 0.5) is 4.79 Å². The van der Waals surface area contributed by atoms with Crippen LogP contribution in [0.25, 0.3) is 0 Å². The minimum Gasteiger partial charge on any atom is -0.346 e. The van der Waals surface area contributed by atoms with Crippen molar-refractivity contribution in [3.63, 3.8) is 0 Å². The normalized spacial score (nSPS) is 21.9. The van der Waals surface area contributed by atoms with Crippen LogP contribution in [0.1, 0.15) is 93.9 Å². The number of hydrogen-bond donors (Lipinski definition) is 4. The fourth-order valence-electron chi connectivity index (χ4n) is 6.13. The molecule has 0 spiro atoms. The van der Waals surface area contributed by atoms with Crippen LogP contribution < -0.4 is 21.3 Å². The Labute approximate surface area is 284 Å². The van der Waals surface area contributed by atoms with E-state index in [1.807, 2.05) is 55.4 Å². The van der Waals surface area contributed by atoms with Gasteiger partial charge in [0, 0.05) is 32.5 Å². The van der Waals surface area contributed by atoms with Gasteiger partial charge in [-0.3, -0.25) is 33.7 Å². The van der Waals surface area contributed by atoms with Gasteiger partial charge in [0.2, 0.25) is 29.4 Å². The third kappa shape index (κ3) is 10.1. The van der Waals surface area contributed by atoms with E-state index in [9.17, 15) is 33.6 Å². The van der Waals surface area contributed by atoms with Gasteiger partial charge in [-0.05, 0) is 41.4 Å². The summed E-state index contributed by atoms with van der Waals surface area (Å²) in [6, 6.07) is -4.19. The van der Waals surface area contributed by atoms with Crippen molar-refractivity contribution in [1.29, 1.82) is 0 Å². The number of urea groups is 1. The van der Waals surface area contributed by atoms with Crippen LogP contribution in [-0.4, -0.2) is 95.0 Å². The highest BCUT2D eigenvalue weighted by Crippen LogP contribution is 2.35. The minimum absolute atomic E-state index is 0.00609. The largest absolute Gasteiger partial charge is 0.346 e. The molecule has 4 N–H and O–H groups in total. The lowest BCUT2D eigenvalue weighted by atomic mass is 9.85. The number of carbonyl (C=O) groups is 7. The Balaban J connectivity index is 1.81. The zero-order valence-electron chi connectivity index (χ0n) is 29.9. The molecule has 2 saturated heterocycles. The molecule has 2 aliphatic heterocycles. The second kappa shape index (κ2) is 15.6. The van der Waals surface area contributed by atoms with E-state index in [0.717, 1.165) is 12.8 Å². The van der Waals surface area contributed by atoms with Crippen molar-refractivity contribution in [2.45, 2.75) is 118 Å². The number of carbonyl (C=O) groups excluding carboxylic acids is 7. The van der Waals surface area contributed by atoms with Gasteiger partial charge >= 0.3 is 6.03 Å². The van der Waals surface area contributed by atoms with Crippen molar-refractivity contribution in [2.75, 3.05) is 19.6 Å². The van der Waals surface area contributed by atoms with Crippen LogP contribution in [0.15, 0.2) is 12.7 Å². The molecule has 3 rings (SSSR count). The number of nitrogens with zero attached hydrogens (tertiary/aromatic N) is 2. The molecule has 0 aromatic rings. The summed E-state index contributed by atoms with van der Waals surface area (Å²) >= 11 is 0. The van der Waals surface area contributed by atoms with Gasteiger partial charge in [-0.15, -0.1) is 6.58 Å². The van der Waals surface area contributed by atoms with Gasteiger partial charge in [-0.2, -0.15) is 0 Å². The quantitative estimate of drug-likeness (QED) is 0.124. The van der Waals surface area contributed by atoms with Crippen LogP contribution in [-0.2, 0) is 28.8 Å². The smallest absolute Gasteiger partial charge is 0.315 e. The average molecular weight is 673 g/mol. The summed E-state index contributed by atoms with van der Waals surface area (Å²) in [7, 11) is 0. The number of Topliss-reactive ketones (excluding diaryl/α,β-unsaturated/α-hetero) is 1. The molecule has 2 heterocycles. The van der Waals surface area contributed by atoms with E-state index >= 15 is 0 Å². The lowest BCUT2D eigenvalue weighted by Gasteiger charge is -2.37. The van der Waals surface area contributed by atoms with Gasteiger partial charge in [-0.25, -0.2) is 4.79 Å². The topological polar surface area (TPSA) is 174 Å². The number of imide groups is 1. The van der Waals surface area contributed by atoms with Gasteiger partial charge in [0.1, 0.15) is 12.1 Å². The van der Waals surface area contributed by atoms with E-state index in [4.69, 9.17) is 0 Å². The first kappa shape index (κ1) is 38.7. The number of rotatable bonds is 14. The molecule has 48 heavy (non-hydrogen) atoms. The van der Waals surface area contributed by atoms with E-state index in [2.05, 4.69) is 27.8 Å². The Kier molecular flexibility index (Phi) is 12.6. The minimum atomic E-state index is -1.04. The fraction of sp³-hybridized carbons (Fsp3) is 0.743. The molecule has 5 atom stereocenters. The maximum Gasteiger partial charge on any atom is 0.315 e. The maximum atomic E-state index is 14.4. The summed E-state index contributed by atoms with van der Waals surface area (Å²) in [6.07, 6.45) is 4.29. The standard InChI is InChI=1S/C35H56N6O7/c1-10-15-36-31(46)28(44)23(16-21-11-12-21)37-30(45)24-17-22(20(2)3)18-40(24)32(47)29(35(7,8)9)39-33(48)38-25(34(4,5)6)19-41-26(42)13-14-27(41)43/h10,20-25,29H,1,11-19H2,2-9H3,(H,36,46)(H,37,45)(H2,38,39,48)/t22-,23?,24?,25-,29-/m1/s1. The summed E-state index contributed by atoms with van der Waals surface area (Å²) in [5.74, 6) is -2.65. The first-order chi connectivity index (χ1) is 22.2. The molecule has 13 nitrogen and oxygen atoms in total. The van der Waals surface area contributed by atoms with Crippen molar-refractivity contribution in [1.82, 2.24) is 31.1 Å². The summed E-state index contributed by atoms with van der Waals surface area (Å²) < 4.78 is 0. The first-order valence-electron chi connectivity index (χ1n) is 17.2. The van der Waals surface area contributed by atoms with E-state index in [1.165, 1.54) is 15.9 Å². The number of amides is 7. The highest BCUT2D eigenvalue weighted by atomic mass is 16.2. The predicted octanol–water partition coefficient (Wildman–Crippen LogP) is 2.29. The van der Waals surface area contributed by atoms with Gasteiger partial charge in [0.15, 0.2) is 0 Å². The number of hydrogen-bond acceptors (Lipinski definition) is 7. The zero-order chi connectivity index (χ0) is 36.1. The Morgan fingerprint density at radius 2 is 1.52 bits per heavy atom. The Bertz CT molecular complexity index is 1260. The van der Waals surface area contributed by atoms with Gasteiger partial charge in [-0.1, -0.05) is 74.3 Å². The molecule has 268 valence electrons. The Morgan fingerprint density at radius 1 is 0.917 bits per heavy atom. The third-order valence-electron chi connectivity index (χ3n) is 9.65. The van der Waals surface area contributed by atoms with Gasteiger partial charge in [0.25, 0.3) is 5.91 Å². The van der Waals surface area contributed by atoms with Crippen LogP contribution in [0.3, 0.4) is 0 Å². The Hall–Kier alpha value is -3.77. The molecule has 1 saturated carbocycles. The molecular formula is C35H56N6O7. The van der Waals surface area contributed by atoms with Crippen LogP contribution in [0.5, 0.6) is 0 Å². The molecule has 13 heteroatoms. The van der Waals surface area contributed by atoms with Crippen molar-refractivity contribution >= 4 is 41.4 Å². The fourth-order valence-corrected chi connectivity index (χ4v) is 6.13. The third-order valence-corrected chi connectivity index (χ3v) is 9.65. The molecule has 1 aliphatic carbocycles. The average Bonchev–Trinajstić information content (AvgIpc) is 3.59. The Morgan fingerprint density at radius 3 is 2.02 bits per heavy atom. The van der Waals surface area contributed by atoms with Crippen LogP contribution in [0.2, 0.25) is 0 Å². The molecular weight excluding hydrogens is 616 g/mol. The van der Waals surface area contributed by atoms with E-state index in [0.29, 0.717) is 12.8 Å².